The van der Waals surface area contributed by atoms with Gasteiger partial charge in [-0.3, -0.25) is 0 Å². The Bertz CT molecular complexity index is 679. The van der Waals surface area contributed by atoms with Crippen LogP contribution in [0.15, 0.2) is 18.5 Å². The Morgan fingerprint density at radius 1 is 1.48 bits per heavy atom. The number of hydrogen-bond acceptors (Lipinski definition) is 5. The summed E-state index contributed by atoms with van der Waals surface area (Å²) in [7, 11) is 2.15. The number of hydrogen-bond donors (Lipinski definition) is 2. The first-order chi connectivity index (χ1) is 10.2. The number of aromatic hydroxyl groups is 1. The predicted molar refractivity (Wildman–Crippen MR) is 80.3 cm³/mol. The summed E-state index contributed by atoms with van der Waals surface area (Å²) in [6, 6.07) is 3.69. The molecule has 1 fully saturated rings. The first-order valence-corrected chi connectivity index (χ1v) is 7.20. The van der Waals surface area contributed by atoms with E-state index in [4.69, 9.17) is 5.26 Å². The molecule has 2 aromatic rings. The molecule has 2 aromatic heterocycles. The van der Waals surface area contributed by atoms with Crippen molar-refractivity contribution >= 4 is 11.2 Å². The summed E-state index contributed by atoms with van der Waals surface area (Å²) in [6.07, 6.45) is 5.66. The van der Waals surface area contributed by atoms with Crippen molar-refractivity contribution in [3.63, 3.8) is 0 Å². The Balaban J connectivity index is 1.72. The van der Waals surface area contributed by atoms with Crippen molar-refractivity contribution in [1.82, 2.24) is 14.5 Å². The summed E-state index contributed by atoms with van der Waals surface area (Å²) in [5, 5.41) is 26.5. The molecule has 0 amide bonds. The fourth-order valence-corrected chi connectivity index (χ4v) is 2.81. The number of nitrogens with zero attached hydrogens (tertiary/aromatic N) is 4. The molecule has 6 heteroatoms. The van der Waals surface area contributed by atoms with E-state index in [2.05, 4.69) is 22.4 Å². The molecule has 110 valence electrons. The van der Waals surface area contributed by atoms with Crippen LogP contribution in [0.4, 0.5) is 5.69 Å². The van der Waals surface area contributed by atoms with E-state index in [1.165, 1.54) is 19.0 Å². The van der Waals surface area contributed by atoms with Gasteiger partial charge >= 0.3 is 0 Å². The Morgan fingerprint density at radius 2 is 2.24 bits per heavy atom. The van der Waals surface area contributed by atoms with Crippen LogP contribution < -0.4 is 5.32 Å². The third-order valence-electron chi connectivity index (χ3n) is 4.15. The lowest BCUT2D eigenvalue weighted by Gasteiger charge is -2.29. The zero-order valence-corrected chi connectivity index (χ0v) is 12.1. The molecule has 3 heterocycles. The van der Waals surface area contributed by atoms with Gasteiger partial charge in [0.2, 0.25) is 0 Å². The topological polar surface area (TPSA) is 76.6 Å². The third kappa shape index (κ3) is 2.78. The van der Waals surface area contributed by atoms with Crippen molar-refractivity contribution in [2.45, 2.75) is 12.8 Å². The van der Waals surface area contributed by atoms with Gasteiger partial charge in [0.15, 0.2) is 0 Å². The second-order valence-corrected chi connectivity index (χ2v) is 5.70. The van der Waals surface area contributed by atoms with Crippen LogP contribution in [0.5, 0.6) is 5.75 Å². The molecule has 3 rings (SSSR count). The minimum Gasteiger partial charge on any atom is -0.506 e. The van der Waals surface area contributed by atoms with Gasteiger partial charge in [-0.2, -0.15) is 10.4 Å². The summed E-state index contributed by atoms with van der Waals surface area (Å²) >= 11 is 0. The van der Waals surface area contributed by atoms with Crippen molar-refractivity contribution in [2.75, 3.05) is 32.0 Å². The Kier molecular flexibility index (Phi) is 3.67. The van der Waals surface area contributed by atoms with Crippen LogP contribution in [-0.2, 0) is 0 Å². The average molecular weight is 285 g/mol. The average Bonchev–Trinajstić information content (AvgIpc) is 2.90. The highest BCUT2D eigenvalue weighted by Crippen LogP contribution is 2.26. The van der Waals surface area contributed by atoms with Crippen LogP contribution in [0.1, 0.15) is 18.4 Å². The third-order valence-corrected chi connectivity index (χ3v) is 4.15. The molecule has 0 atom stereocenters. The summed E-state index contributed by atoms with van der Waals surface area (Å²) in [6.45, 7) is 3.17. The number of rotatable bonds is 3. The monoisotopic (exact) mass is 285 g/mol. The highest BCUT2D eigenvalue weighted by molar-refractivity contribution is 5.71. The molecule has 1 saturated heterocycles. The normalized spacial score (nSPS) is 17.0. The molecular weight excluding hydrogens is 266 g/mol. The van der Waals surface area contributed by atoms with Crippen molar-refractivity contribution in [3.8, 4) is 11.8 Å². The second-order valence-electron chi connectivity index (χ2n) is 5.70. The molecule has 0 saturated carbocycles. The molecule has 1 aliphatic rings. The van der Waals surface area contributed by atoms with Crippen LogP contribution in [0.2, 0.25) is 0 Å². The van der Waals surface area contributed by atoms with Crippen molar-refractivity contribution in [3.05, 3.63) is 24.0 Å². The van der Waals surface area contributed by atoms with Gasteiger partial charge in [0.1, 0.15) is 22.9 Å². The summed E-state index contributed by atoms with van der Waals surface area (Å²) < 4.78 is 1.55. The molecular formula is C15H19N5O. The molecule has 6 nitrogen and oxygen atoms in total. The number of aromatic nitrogens is 2. The maximum absolute atomic E-state index is 10.1. The van der Waals surface area contributed by atoms with Crippen LogP contribution >= 0.6 is 0 Å². The molecule has 0 spiro atoms. The Hall–Kier alpha value is -2.26. The predicted octanol–water partition coefficient (Wildman–Crippen LogP) is 1.67. The SMILES string of the molecule is CN1CCC(CNc2cc(O)c3c(C#N)cnn3c2)CC1. The molecule has 0 unspecified atom stereocenters. The van der Waals surface area contributed by atoms with E-state index in [0.29, 0.717) is 17.0 Å². The Morgan fingerprint density at radius 3 is 2.95 bits per heavy atom. The van der Waals surface area contributed by atoms with Crippen LogP contribution in [0, 0.1) is 17.2 Å². The van der Waals surface area contributed by atoms with Gasteiger partial charge in [0.05, 0.1) is 18.1 Å². The molecule has 1 aliphatic heterocycles. The fraction of sp³-hybridized carbons (Fsp3) is 0.467. The first kappa shape index (κ1) is 13.7. The van der Waals surface area contributed by atoms with Gasteiger partial charge in [-0.15, -0.1) is 0 Å². The minimum atomic E-state index is 0.0810. The standard InChI is InChI=1S/C15H19N5O/c1-19-4-2-11(3-5-19)8-17-13-6-14(21)15-12(7-16)9-18-20(15)10-13/h6,9-11,17,21H,2-5,8H2,1H3. The quantitative estimate of drug-likeness (QED) is 0.897. The zero-order chi connectivity index (χ0) is 14.8. The second kappa shape index (κ2) is 5.62. The summed E-state index contributed by atoms with van der Waals surface area (Å²) in [4.78, 5) is 2.35. The number of piperidine rings is 1. The number of pyridine rings is 1. The van der Waals surface area contributed by atoms with E-state index in [1.54, 1.807) is 10.6 Å². The maximum atomic E-state index is 10.1. The molecule has 2 N–H and O–H groups in total. The lowest BCUT2D eigenvalue weighted by Crippen LogP contribution is -2.32. The van der Waals surface area contributed by atoms with Crippen molar-refractivity contribution < 1.29 is 5.11 Å². The van der Waals surface area contributed by atoms with Crippen molar-refractivity contribution in [2.24, 2.45) is 5.92 Å². The molecule has 0 aliphatic carbocycles. The Labute approximate surface area is 123 Å². The smallest absolute Gasteiger partial charge is 0.144 e. The summed E-state index contributed by atoms with van der Waals surface area (Å²) in [5.41, 5.74) is 1.67. The van der Waals surface area contributed by atoms with E-state index in [-0.39, 0.29) is 5.75 Å². The van der Waals surface area contributed by atoms with Gasteiger partial charge < -0.3 is 15.3 Å². The van der Waals surface area contributed by atoms with E-state index in [0.717, 1.165) is 25.3 Å². The van der Waals surface area contributed by atoms with E-state index in [1.807, 2.05) is 12.3 Å². The largest absolute Gasteiger partial charge is 0.506 e. The van der Waals surface area contributed by atoms with Crippen LogP contribution in [0.25, 0.3) is 5.52 Å². The van der Waals surface area contributed by atoms with Gasteiger partial charge in [0.25, 0.3) is 0 Å². The number of nitriles is 1. The van der Waals surface area contributed by atoms with E-state index in [9.17, 15) is 5.11 Å². The highest BCUT2D eigenvalue weighted by Gasteiger charge is 2.17. The lowest BCUT2D eigenvalue weighted by molar-refractivity contribution is 0.226. The number of fused-ring (bicyclic) bond motifs is 1. The van der Waals surface area contributed by atoms with Gasteiger partial charge in [-0.05, 0) is 38.9 Å². The van der Waals surface area contributed by atoms with Crippen LogP contribution in [0.3, 0.4) is 0 Å². The number of likely N-dealkylation sites (tertiary alicyclic amines) is 1. The van der Waals surface area contributed by atoms with Gasteiger partial charge in [-0.1, -0.05) is 0 Å². The first-order valence-electron chi connectivity index (χ1n) is 7.20. The van der Waals surface area contributed by atoms with Gasteiger partial charge in [0, 0.05) is 12.6 Å². The van der Waals surface area contributed by atoms with Gasteiger partial charge in [-0.25, -0.2) is 4.52 Å². The zero-order valence-electron chi connectivity index (χ0n) is 12.1. The molecule has 0 aromatic carbocycles. The van der Waals surface area contributed by atoms with E-state index < -0.39 is 0 Å². The molecule has 0 radical (unpaired) electrons. The lowest BCUT2D eigenvalue weighted by atomic mass is 9.97. The number of nitrogens with one attached hydrogen (secondary N) is 1. The van der Waals surface area contributed by atoms with Crippen LogP contribution in [-0.4, -0.2) is 46.3 Å². The molecule has 21 heavy (non-hydrogen) atoms. The van der Waals surface area contributed by atoms with E-state index >= 15 is 0 Å². The number of anilines is 1. The highest BCUT2D eigenvalue weighted by atomic mass is 16.3. The summed E-state index contributed by atoms with van der Waals surface area (Å²) in [5.74, 6) is 0.740. The maximum Gasteiger partial charge on any atom is 0.144 e. The van der Waals surface area contributed by atoms with Crippen molar-refractivity contribution in [1.29, 1.82) is 5.26 Å². The minimum absolute atomic E-state index is 0.0810. The fourth-order valence-electron chi connectivity index (χ4n) is 2.81. The molecule has 0 bridgehead atoms.